The first-order valence-electron chi connectivity index (χ1n) is 3.62. The SMILES string of the molecule is O=Cc1cc(O)ccc1C(=O)C(=O)O. The first-order valence-corrected chi connectivity index (χ1v) is 3.62. The van der Waals surface area contributed by atoms with Crippen LogP contribution in [-0.2, 0) is 4.79 Å². The molecule has 0 saturated heterocycles. The van der Waals surface area contributed by atoms with Crippen molar-refractivity contribution in [2.45, 2.75) is 0 Å². The van der Waals surface area contributed by atoms with Crippen LogP contribution in [0.5, 0.6) is 5.75 Å². The third-order valence-electron chi connectivity index (χ3n) is 1.60. The van der Waals surface area contributed by atoms with Gasteiger partial charge < -0.3 is 10.2 Å². The van der Waals surface area contributed by atoms with Gasteiger partial charge in [0.25, 0.3) is 5.78 Å². The third kappa shape index (κ3) is 1.77. The zero-order valence-corrected chi connectivity index (χ0v) is 6.93. The van der Waals surface area contributed by atoms with E-state index in [1.807, 2.05) is 0 Å². The fourth-order valence-electron chi connectivity index (χ4n) is 0.970. The number of carboxylic acid groups (broad SMARTS) is 1. The molecule has 0 atom stereocenters. The highest BCUT2D eigenvalue weighted by Crippen LogP contribution is 2.15. The van der Waals surface area contributed by atoms with Crippen LogP contribution in [0.2, 0.25) is 0 Å². The number of phenols is 1. The summed E-state index contributed by atoms with van der Waals surface area (Å²) in [5.74, 6) is -3.01. The van der Waals surface area contributed by atoms with E-state index in [0.717, 1.165) is 18.2 Å². The number of aldehydes is 1. The van der Waals surface area contributed by atoms with Gasteiger partial charge in [-0.25, -0.2) is 4.79 Å². The van der Waals surface area contributed by atoms with Crippen molar-refractivity contribution < 1.29 is 24.6 Å². The summed E-state index contributed by atoms with van der Waals surface area (Å²) in [6, 6.07) is 3.27. The molecule has 0 saturated carbocycles. The molecule has 14 heavy (non-hydrogen) atoms. The molecular weight excluding hydrogens is 188 g/mol. The number of aromatic hydroxyl groups is 1. The van der Waals surface area contributed by atoms with Crippen LogP contribution in [0.15, 0.2) is 18.2 Å². The fourth-order valence-corrected chi connectivity index (χ4v) is 0.970. The minimum Gasteiger partial charge on any atom is -0.508 e. The standard InChI is InChI=1S/C9H6O5/c10-4-5-3-6(11)1-2-7(5)8(12)9(13)14/h1-4,11H,(H,13,14). The largest absolute Gasteiger partial charge is 0.508 e. The topological polar surface area (TPSA) is 91.7 Å². The van der Waals surface area contributed by atoms with Crippen LogP contribution in [0.4, 0.5) is 0 Å². The van der Waals surface area contributed by atoms with Crippen LogP contribution >= 0.6 is 0 Å². The number of Topliss-reactive ketones (excluding diaryl/α,β-unsaturated/α-hetero) is 1. The van der Waals surface area contributed by atoms with Gasteiger partial charge in [0.2, 0.25) is 0 Å². The number of carbonyl (C=O) groups excluding carboxylic acids is 2. The number of rotatable bonds is 3. The van der Waals surface area contributed by atoms with Crippen molar-refractivity contribution in [3.05, 3.63) is 29.3 Å². The predicted octanol–water partition coefficient (Wildman–Crippen LogP) is 0.472. The van der Waals surface area contributed by atoms with Gasteiger partial charge in [0.1, 0.15) is 5.75 Å². The average Bonchev–Trinajstić information content (AvgIpc) is 2.16. The normalized spacial score (nSPS) is 9.43. The van der Waals surface area contributed by atoms with Crippen molar-refractivity contribution in [3.63, 3.8) is 0 Å². The van der Waals surface area contributed by atoms with Gasteiger partial charge in [0, 0.05) is 11.1 Å². The maximum absolute atomic E-state index is 11.0. The summed E-state index contributed by atoms with van der Waals surface area (Å²) >= 11 is 0. The first kappa shape index (κ1) is 9.91. The Morgan fingerprint density at radius 3 is 2.43 bits per heavy atom. The monoisotopic (exact) mass is 194 g/mol. The number of phenolic OH excluding ortho intramolecular Hbond substituents is 1. The predicted molar refractivity (Wildman–Crippen MR) is 45.5 cm³/mol. The zero-order chi connectivity index (χ0) is 10.7. The number of ketones is 1. The minimum absolute atomic E-state index is 0.141. The van der Waals surface area contributed by atoms with Crippen LogP contribution in [0.1, 0.15) is 20.7 Å². The van der Waals surface area contributed by atoms with Crippen molar-refractivity contribution in [2.24, 2.45) is 0 Å². The van der Waals surface area contributed by atoms with Gasteiger partial charge in [0.05, 0.1) is 0 Å². The Kier molecular flexibility index (Phi) is 2.62. The Bertz CT molecular complexity index is 408. The van der Waals surface area contributed by atoms with Crippen LogP contribution in [-0.4, -0.2) is 28.3 Å². The van der Waals surface area contributed by atoms with Crippen LogP contribution in [0.25, 0.3) is 0 Å². The van der Waals surface area contributed by atoms with Crippen molar-refractivity contribution in [1.82, 2.24) is 0 Å². The van der Waals surface area contributed by atoms with E-state index < -0.39 is 11.8 Å². The fraction of sp³-hybridized carbons (Fsp3) is 0. The lowest BCUT2D eigenvalue weighted by Gasteiger charge is -2.00. The highest BCUT2D eigenvalue weighted by atomic mass is 16.4. The highest BCUT2D eigenvalue weighted by Gasteiger charge is 2.18. The van der Waals surface area contributed by atoms with E-state index in [9.17, 15) is 14.4 Å². The molecular formula is C9H6O5. The maximum Gasteiger partial charge on any atom is 0.377 e. The second-order valence-corrected chi connectivity index (χ2v) is 2.52. The van der Waals surface area contributed by atoms with Crippen molar-refractivity contribution in [3.8, 4) is 5.75 Å². The quantitative estimate of drug-likeness (QED) is 0.414. The van der Waals surface area contributed by atoms with Gasteiger partial charge in [0.15, 0.2) is 6.29 Å². The van der Waals surface area contributed by atoms with Crippen molar-refractivity contribution in [2.75, 3.05) is 0 Å². The zero-order valence-electron chi connectivity index (χ0n) is 6.93. The summed E-state index contributed by atoms with van der Waals surface area (Å²) in [6.07, 6.45) is 0.315. The number of carboxylic acids is 1. The second-order valence-electron chi connectivity index (χ2n) is 2.52. The molecule has 0 amide bonds. The molecule has 1 rings (SSSR count). The Balaban J connectivity index is 3.27. The van der Waals surface area contributed by atoms with Crippen LogP contribution < -0.4 is 0 Å². The summed E-state index contributed by atoms with van der Waals surface area (Å²) in [4.78, 5) is 31.8. The van der Waals surface area contributed by atoms with Gasteiger partial charge in [-0.05, 0) is 18.2 Å². The molecule has 0 aromatic heterocycles. The summed E-state index contributed by atoms with van der Waals surface area (Å²) in [7, 11) is 0. The Morgan fingerprint density at radius 2 is 1.93 bits per heavy atom. The number of hydrogen-bond donors (Lipinski definition) is 2. The molecule has 0 spiro atoms. The Morgan fingerprint density at radius 1 is 1.29 bits per heavy atom. The number of benzene rings is 1. The molecule has 0 unspecified atom stereocenters. The molecule has 1 aromatic carbocycles. The Labute approximate surface area is 78.6 Å². The lowest BCUT2D eigenvalue weighted by atomic mass is 10.0. The van der Waals surface area contributed by atoms with E-state index >= 15 is 0 Å². The van der Waals surface area contributed by atoms with Crippen molar-refractivity contribution in [1.29, 1.82) is 0 Å². The molecule has 2 N–H and O–H groups in total. The van der Waals surface area contributed by atoms with Gasteiger partial charge in [-0.2, -0.15) is 0 Å². The summed E-state index contributed by atoms with van der Waals surface area (Å²) in [5, 5.41) is 17.4. The summed E-state index contributed by atoms with van der Waals surface area (Å²) in [6.45, 7) is 0. The van der Waals surface area contributed by atoms with E-state index in [0.29, 0.717) is 6.29 Å². The van der Waals surface area contributed by atoms with E-state index in [-0.39, 0.29) is 16.9 Å². The first-order chi connectivity index (χ1) is 6.56. The van der Waals surface area contributed by atoms with Gasteiger partial charge in [-0.3, -0.25) is 9.59 Å². The molecule has 0 aliphatic rings. The van der Waals surface area contributed by atoms with E-state index in [1.165, 1.54) is 0 Å². The second kappa shape index (κ2) is 3.69. The number of aliphatic carboxylic acids is 1. The molecule has 0 aliphatic heterocycles. The average molecular weight is 194 g/mol. The molecule has 0 radical (unpaired) electrons. The number of hydrogen-bond acceptors (Lipinski definition) is 4. The van der Waals surface area contributed by atoms with E-state index in [4.69, 9.17) is 10.2 Å². The molecule has 0 aliphatic carbocycles. The third-order valence-corrected chi connectivity index (χ3v) is 1.60. The molecule has 5 nitrogen and oxygen atoms in total. The molecule has 1 aromatic rings. The molecule has 5 heteroatoms. The summed E-state index contributed by atoms with van der Waals surface area (Å²) < 4.78 is 0. The molecule has 0 heterocycles. The van der Waals surface area contributed by atoms with E-state index in [1.54, 1.807) is 0 Å². The van der Waals surface area contributed by atoms with Crippen LogP contribution in [0.3, 0.4) is 0 Å². The maximum atomic E-state index is 11.0. The number of carbonyl (C=O) groups is 3. The van der Waals surface area contributed by atoms with Gasteiger partial charge >= 0.3 is 5.97 Å². The summed E-state index contributed by atoms with van der Waals surface area (Å²) in [5.41, 5.74) is -0.372. The molecule has 0 bridgehead atoms. The van der Waals surface area contributed by atoms with E-state index in [2.05, 4.69) is 0 Å². The smallest absolute Gasteiger partial charge is 0.377 e. The van der Waals surface area contributed by atoms with Gasteiger partial charge in [-0.1, -0.05) is 0 Å². The van der Waals surface area contributed by atoms with Gasteiger partial charge in [-0.15, -0.1) is 0 Å². The van der Waals surface area contributed by atoms with Crippen molar-refractivity contribution >= 4 is 18.0 Å². The molecule has 72 valence electrons. The Hall–Kier alpha value is -2.17. The lowest BCUT2D eigenvalue weighted by molar-refractivity contribution is -0.131. The van der Waals surface area contributed by atoms with Crippen LogP contribution in [0, 0.1) is 0 Å². The lowest BCUT2D eigenvalue weighted by Crippen LogP contribution is -2.14. The minimum atomic E-state index is -1.64. The highest BCUT2D eigenvalue weighted by molar-refractivity contribution is 6.40. The molecule has 0 fully saturated rings.